The lowest BCUT2D eigenvalue weighted by atomic mass is 10.1. The summed E-state index contributed by atoms with van der Waals surface area (Å²) in [7, 11) is 0. The summed E-state index contributed by atoms with van der Waals surface area (Å²) in [5.41, 5.74) is 4.83. The molecule has 0 aromatic heterocycles. The lowest BCUT2D eigenvalue weighted by Crippen LogP contribution is -2.39. The van der Waals surface area contributed by atoms with E-state index in [0.29, 0.717) is 13.1 Å². The topological polar surface area (TPSA) is 46.3 Å². The first-order valence-corrected chi connectivity index (χ1v) is 6.12. The molecule has 0 bridgehead atoms. The number of likely N-dealkylation sites (tertiary alicyclic amines) is 1. The van der Waals surface area contributed by atoms with Gasteiger partial charge in [-0.2, -0.15) is 13.2 Å². The highest BCUT2D eigenvalue weighted by molar-refractivity contribution is 5.94. The minimum absolute atomic E-state index is 0. The van der Waals surface area contributed by atoms with Crippen molar-refractivity contribution in [3.8, 4) is 0 Å². The van der Waals surface area contributed by atoms with Crippen LogP contribution in [0.4, 0.5) is 13.2 Å². The second-order valence-corrected chi connectivity index (χ2v) is 4.61. The van der Waals surface area contributed by atoms with Crippen LogP contribution < -0.4 is 5.73 Å². The van der Waals surface area contributed by atoms with E-state index in [1.807, 2.05) is 0 Å². The second kappa shape index (κ2) is 6.45. The SMILES string of the molecule is Cl.NCC1CCCN1C(=O)c1cccc(C(F)(F)F)c1. The van der Waals surface area contributed by atoms with E-state index in [4.69, 9.17) is 5.73 Å². The third kappa shape index (κ3) is 3.43. The third-order valence-corrected chi connectivity index (χ3v) is 3.35. The predicted molar refractivity (Wildman–Crippen MR) is 71.8 cm³/mol. The van der Waals surface area contributed by atoms with Crippen LogP contribution in [0.2, 0.25) is 0 Å². The molecular weight excluding hydrogens is 293 g/mol. The van der Waals surface area contributed by atoms with Crippen molar-refractivity contribution in [3.63, 3.8) is 0 Å². The third-order valence-electron chi connectivity index (χ3n) is 3.35. The van der Waals surface area contributed by atoms with Crippen LogP contribution in [0, 0.1) is 0 Å². The van der Waals surface area contributed by atoms with Crippen molar-refractivity contribution in [2.45, 2.75) is 25.1 Å². The fourth-order valence-electron chi connectivity index (χ4n) is 2.34. The van der Waals surface area contributed by atoms with Gasteiger partial charge in [-0.25, -0.2) is 0 Å². The molecule has 0 spiro atoms. The van der Waals surface area contributed by atoms with Gasteiger partial charge in [-0.15, -0.1) is 12.4 Å². The largest absolute Gasteiger partial charge is 0.416 e. The number of benzene rings is 1. The number of alkyl halides is 3. The monoisotopic (exact) mass is 308 g/mol. The van der Waals surface area contributed by atoms with E-state index in [9.17, 15) is 18.0 Å². The van der Waals surface area contributed by atoms with Crippen molar-refractivity contribution in [1.82, 2.24) is 4.90 Å². The van der Waals surface area contributed by atoms with Gasteiger partial charge in [0.2, 0.25) is 0 Å². The van der Waals surface area contributed by atoms with Crippen LogP contribution in [0.1, 0.15) is 28.8 Å². The summed E-state index contributed by atoms with van der Waals surface area (Å²) in [5.74, 6) is -0.376. The smallest absolute Gasteiger partial charge is 0.334 e. The van der Waals surface area contributed by atoms with Crippen LogP contribution >= 0.6 is 12.4 Å². The van der Waals surface area contributed by atoms with Gasteiger partial charge in [0, 0.05) is 24.7 Å². The molecule has 112 valence electrons. The molecule has 0 radical (unpaired) electrons. The van der Waals surface area contributed by atoms with E-state index in [1.165, 1.54) is 12.1 Å². The maximum Gasteiger partial charge on any atom is 0.416 e. The number of carbonyl (C=O) groups excluding carboxylic acids is 1. The van der Waals surface area contributed by atoms with Gasteiger partial charge >= 0.3 is 6.18 Å². The molecule has 20 heavy (non-hydrogen) atoms. The zero-order valence-corrected chi connectivity index (χ0v) is 11.5. The van der Waals surface area contributed by atoms with Crippen LogP contribution in [-0.2, 0) is 6.18 Å². The number of nitrogens with two attached hydrogens (primary N) is 1. The molecule has 1 heterocycles. The van der Waals surface area contributed by atoms with E-state index in [-0.39, 0.29) is 29.9 Å². The lowest BCUT2D eigenvalue weighted by molar-refractivity contribution is -0.137. The average Bonchev–Trinajstić information content (AvgIpc) is 2.85. The second-order valence-electron chi connectivity index (χ2n) is 4.61. The number of hydrogen-bond donors (Lipinski definition) is 1. The molecule has 1 unspecified atom stereocenters. The molecule has 0 saturated carbocycles. The first-order chi connectivity index (χ1) is 8.93. The Labute approximate surface area is 121 Å². The van der Waals surface area contributed by atoms with Crippen LogP contribution in [0.15, 0.2) is 24.3 Å². The van der Waals surface area contributed by atoms with Gasteiger partial charge in [0.1, 0.15) is 0 Å². The van der Waals surface area contributed by atoms with E-state index in [2.05, 4.69) is 0 Å². The summed E-state index contributed by atoms with van der Waals surface area (Å²) in [5, 5.41) is 0. The fourth-order valence-corrected chi connectivity index (χ4v) is 2.34. The summed E-state index contributed by atoms with van der Waals surface area (Å²) < 4.78 is 37.8. The summed E-state index contributed by atoms with van der Waals surface area (Å²) in [4.78, 5) is 13.8. The molecule has 1 amide bonds. The number of amides is 1. The van der Waals surface area contributed by atoms with Crippen LogP contribution in [-0.4, -0.2) is 29.9 Å². The Morgan fingerprint density at radius 3 is 2.70 bits per heavy atom. The molecule has 1 fully saturated rings. The van der Waals surface area contributed by atoms with E-state index >= 15 is 0 Å². The van der Waals surface area contributed by atoms with Gasteiger partial charge < -0.3 is 10.6 Å². The van der Waals surface area contributed by atoms with Crippen molar-refractivity contribution >= 4 is 18.3 Å². The Hall–Kier alpha value is -1.27. The Kier molecular flexibility index (Phi) is 5.42. The van der Waals surface area contributed by atoms with Gasteiger partial charge in [-0.1, -0.05) is 6.07 Å². The molecule has 1 atom stereocenters. The van der Waals surface area contributed by atoms with Gasteiger partial charge in [0.15, 0.2) is 0 Å². The zero-order valence-electron chi connectivity index (χ0n) is 10.7. The molecule has 0 aliphatic carbocycles. The van der Waals surface area contributed by atoms with Gasteiger partial charge in [-0.05, 0) is 31.0 Å². The van der Waals surface area contributed by atoms with Crippen LogP contribution in [0.5, 0.6) is 0 Å². The Bertz CT molecular complexity index is 479. The molecule has 1 saturated heterocycles. The van der Waals surface area contributed by atoms with Gasteiger partial charge in [0.25, 0.3) is 5.91 Å². The number of hydrogen-bond acceptors (Lipinski definition) is 2. The molecule has 3 nitrogen and oxygen atoms in total. The summed E-state index contributed by atoms with van der Waals surface area (Å²) in [6.07, 6.45) is -2.79. The van der Waals surface area contributed by atoms with Crippen molar-refractivity contribution in [2.75, 3.05) is 13.1 Å². The molecule has 1 aromatic carbocycles. The molecular formula is C13H16ClF3N2O. The average molecular weight is 309 g/mol. The Balaban J connectivity index is 0.00000200. The molecule has 1 aliphatic heterocycles. The number of nitrogens with zero attached hydrogens (tertiary/aromatic N) is 1. The van der Waals surface area contributed by atoms with Crippen LogP contribution in [0.25, 0.3) is 0 Å². The highest BCUT2D eigenvalue weighted by Crippen LogP contribution is 2.30. The normalized spacial score (nSPS) is 18.8. The van der Waals surface area contributed by atoms with E-state index < -0.39 is 11.7 Å². The quantitative estimate of drug-likeness (QED) is 0.913. The first kappa shape index (κ1) is 16.8. The summed E-state index contributed by atoms with van der Waals surface area (Å²) >= 11 is 0. The van der Waals surface area contributed by atoms with E-state index in [0.717, 1.165) is 25.0 Å². The van der Waals surface area contributed by atoms with Crippen LogP contribution in [0.3, 0.4) is 0 Å². The van der Waals surface area contributed by atoms with Crippen molar-refractivity contribution in [1.29, 1.82) is 0 Å². The Morgan fingerprint density at radius 2 is 2.10 bits per heavy atom. The standard InChI is InChI=1S/C13H15F3N2O.ClH/c14-13(15,16)10-4-1-3-9(7-10)12(19)18-6-2-5-11(18)8-17;/h1,3-4,7,11H,2,5-6,8,17H2;1H. The number of carbonyl (C=O) groups is 1. The molecule has 2 N–H and O–H groups in total. The van der Waals surface area contributed by atoms with E-state index in [1.54, 1.807) is 4.90 Å². The number of rotatable bonds is 2. The predicted octanol–water partition coefficient (Wildman–Crippen LogP) is 2.69. The summed E-state index contributed by atoms with van der Waals surface area (Å²) in [6.45, 7) is 0.891. The fraction of sp³-hybridized carbons (Fsp3) is 0.462. The maximum atomic E-state index is 12.6. The van der Waals surface area contributed by atoms with Crippen molar-refractivity contribution < 1.29 is 18.0 Å². The minimum atomic E-state index is -4.44. The highest BCUT2D eigenvalue weighted by Gasteiger charge is 2.33. The Morgan fingerprint density at radius 1 is 1.40 bits per heavy atom. The first-order valence-electron chi connectivity index (χ1n) is 6.12. The maximum absolute atomic E-state index is 12.6. The minimum Gasteiger partial charge on any atom is -0.334 e. The number of halogens is 4. The molecule has 2 rings (SSSR count). The zero-order chi connectivity index (χ0) is 14.0. The highest BCUT2D eigenvalue weighted by atomic mass is 35.5. The van der Waals surface area contributed by atoms with Crippen molar-refractivity contribution in [2.24, 2.45) is 5.73 Å². The van der Waals surface area contributed by atoms with Gasteiger partial charge in [-0.3, -0.25) is 4.79 Å². The lowest BCUT2D eigenvalue weighted by Gasteiger charge is -2.23. The van der Waals surface area contributed by atoms with Gasteiger partial charge in [0.05, 0.1) is 5.56 Å². The van der Waals surface area contributed by atoms with Crippen molar-refractivity contribution in [3.05, 3.63) is 35.4 Å². The molecule has 1 aliphatic rings. The molecule has 1 aromatic rings. The summed E-state index contributed by atoms with van der Waals surface area (Å²) in [6, 6.07) is 4.45. The molecule has 7 heteroatoms.